The van der Waals surface area contributed by atoms with Crippen molar-refractivity contribution in [2.75, 3.05) is 0 Å². The molecule has 4 N–H and O–H groups in total. The molecule has 6 rings (SSSR count). The summed E-state index contributed by atoms with van der Waals surface area (Å²) in [6.07, 6.45) is 7.43. The maximum absolute atomic E-state index is 6.42. The molecule has 0 spiro atoms. The van der Waals surface area contributed by atoms with Crippen molar-refractivity contribution in [3.05, 3.63) is 162 Å². The van der Waals surface area contributed by atoms with Gasteiger partial charge in [0.05, 0.1) is 0 Å². The summed E-state index contributed by atoms with van der Waals surface area (Å²) in [6, 6.07) is 41.8. The van der Waals surface area contributed by atoms with Crippen LogP contribution in [0, 0.1) is 0 Å². The highest BCUT2D eigenvalue weighted by Crippen LogP contribution is 2.44. The smallest absolute Gasteiger partial charge is 0.0387 e. The molecule has 0 amide bonds. The molecule has 0 aliphatic carbocycles. The van der Waals surface area contributed by atoms with Crippen LogP contribution in [0.3, 0.4) is 0 Å². The number of hydrogen-bond acceptors (Lipinski definition) is 2. The van der Waals surface area contributed by atoms with E-state index in [0.717, 1.165) is 22.3 Å². The number of allylic oxidation sites excluding steroid dienone is 5. The highest BCUT2D eigenvalue weighted by molar-refractivity contribution is 6.21. The third kappa shape index (κ3) is 5.36. The van der Waals surface area contributed by atoms with Gasteiger partial charge in [0.15, 0.2) is 0 Å². The van der Waals surface area contributed by atoms with Crippen molar-refractivity contribution in [1.82, 2.24) is 0 Å². The van der Waals surface area contributed by atoms with Crippen LogP contribution >= 0.6 is 0 Å². The summed E-state index contributed by atoms with van der Waals surface area (Å²) >= 11 is 0. The standard InChI is InChI=1S/C41H36N2/c1-27(2)34(23-24-42)39(43)22-19-28(3)30-13-10-14-32(25-30)40-35-15-6-8-17-37(35)41(38-18-9-7-16-36(38)40)33-21-20-29-11-4-5-12-31(29)26-33/h4-26H,42-43H2,1-3H3/b24-23-,28-19+,39-22-. The van der Waals surface area contributed by atoms with E-state index in [1.165, 1.54) is 60.8 Å². The van der Waals surface area contributed by atoms with Crippen molar-refractivity contribution in [3.8, 4) is 22.3 Å². The van der Waals surface area contributed by atoms with Crippen molar-refractivity contribution in [1.29, 1.82) is 0 Å². The molecule has 2 nitrogen and oxygen atoms in total. The number of hydrogen-bond donors (Lipinski definition) is 2. The minimum Gasteiger partial charge on any atom is -0.405 e. The molecule has 0 saturated heterocycles. The first-order valence-corrected chi connectivity index (χ1v) is 14.7. The molecule has 43 heavy (non-hydrogen) atoms. The van der Waals surface area contributed by atoms with Crippen LogP contribution in [0.15, 0.2) is 157 Å². The second-order valence-electron chi connectivity index (χ2n) is 11.2. The van der Waals surface area contributed by atoms with Gasteiger partial charge in [0.25, 0.3) is 0 Å². The van der Waals surface area contributed by atoms with Crippen molar-refractivity contribution in [2.24, 2.45) is 11.5 Å². The molecule has 2 heteroatoms. The zero-order valence-corrected chi connectivity index (χ0v) is 24.9. The zero-order chi connectivity index (χ0) is 29.9. The molecule has 0 aromatic heterocycles. The normalized spacial score (nSPS) is 12.4. The maximum atomic E-state index is 6.42. The average molecular weight is 557 g/mol. The monoisotopic (exact) mass is 556 g/mol. The van der Waals surface area contributed by atoms with E-state index in [4.69, 9.17) is 11.5 Å². The summed E-state index contributed by atoms with van der Waals surface area (Å²) in [4.78, 5) is 0. The minimum absolute atomic E-state index is 0.693. The molecule has 0 bridgehead atoms. The molecular formula is C41H36N2. The van der Waals surface area contributed by atoms with Gasteiger partial charge in [-0.05, 0) is 123 Å². The summed E-state index contributed by atoms with van der Waals surface area (Å²) in [5, 5.41) is 7.49. The van der Waals surface area contributed by atoms with Crippen LogP contribution in [0.5, 0.6) is 0 Å². The van der Waals surface area contributed by atoms with Gasteiger partial charge >= 0.3 is 0 Å². The molecule has 0 heterocycles. The lowest BCUT2D eigenvalue weighted by Crippen LogP contribution is -2.01. The Balaban J connectivity index is 1.53. The minimum atomic E-state index is 0.693. The van der Waals surface area contributed by atoms with E-state index < -0.39 is 0 Å². The summed E-state index contributed by atoms with van der Waals surface area (Å²) < 4.78 is 0. The van der Waals surface area contributed by atoms with Crippen LogP contribution < -0.4 is 11.5 Å². The fraction of sp³-hybridized carbons (Fsp3) is 0.0732. The van der Waals surface area contributed by atoms with Gasteiger partial charge in [0.1, 0.15) is 0 Å². The molecule has 210 valence electrons. The first kappa shape index (κ1) is 27.8. The van der Waals surface area contributed by atoms with E-state index in [1.807, 2.05) is 26.0 Å². The van der Waals surface area contributed by atoms with E-state index in [-0.39, 0.29) is 0 Å². The second-order valence-corrected chi connectivity index (χ2v) is 11.2. The highest BCUT2D eigenvalue weighted by atomic mass is 14.6. The largest absolute Gasteiger partial charge is 0.405 e. The molecule has 0 atom stereocenters. The van der Waals surface area contributed by atoms with E-state index in [0.29, 0.717) is 5.70 Å². The van der Waals surface area contributed by atoms with Gasteiger partial charge in [-0.1, -0.05) is 115 Å². The highest BCUT2D eigenvalue weighted by Gasteiger charge is 2.17. The van der Waals surface area contributed by atoms with Crippen molar-refractivity contribution >= 4 is 37.9 Å². The summed E-state index contributed by atoms with van der Waals surface area (Å²) in [5.74, 6) is 0. The molecule has 6 aromatic rings. The Morgan fingerprint density at radius 2 is 1.12 bits per heavy atom. The van der Waals surface area contributed by atoms with Gasteiger partial charge in [0, 0.05) is 5.70 Å². The third-order valence-corrected chi connectivity index (χ3v) is 8.20. The fourth-order valence-electron chi connectivity index (χ4n) is 6.06. The second kappa shape index (κ2) is 11.9. The van der Waals surface area contributed by atoms with Gasteiger partial charge in [-0.2, -0.15) is 0 Å². The Morgan fingerprint density at radius 1 is 0.558 bits per heavy atom. The molecule has 0 aliphatic heterocycles. The molecular weight excluding hydrogens is 520 g/mol. The average Bonchev–Trinajstić information content (AvgIpc) is 3.04. The first-order chi connectivity index (χ1) is 21.0. The lowest BCUT2D eigenvalue weighted by Gasteiger charge is -2.18. The molecule has 0 aliphatic rings. The van der Waals surface area contributed by atoms with Crippen LogP contribution in [0.2, 0.25) is 0 Å². The van der Waals surface area contributed by atoms with Crippen LogP contribution in [-0.4, -0.2) is 0 Å². The van der Waals surface area contributed by atoms with Crippen LogP contribution in [0.25, 0.3) is 60.1 Å². The first-order valence-electron chi connectivity index (χ1n) is 14.7. The van der Waals surface area contributed by atoms with Gasteiger partial charge in [-0.15, -0.1) is 0 Å². The molecule has 0 unspecified atom stereocenters. The lowest BCUT2D eigenvalue weighted by atomic mass is 9.85. The summed E-state index contributed by atoms with van der Waals surface area (Å²) in [6.45, 7) is 6.20. The molecule has 0 saturated carbocycles. The molecule has 0 fully saturated rings. The predicted octanol–water partition coefficient (Wildman–Crippen LogP) is 10.5. The number of rotatable bonds is 6. The Bertz CT molecular complexity index is 2060. The molecule has 0 radical (unpaired) electrons. The Hall–Kier alpha value is -5.34. The number of nitrogens with two attached hydrogens (primary N) is 2. The summed E-state index contributed by atoms with van der Waals surface area (Å²) in [5.41, 5.74) is 22.1. The van der Waals surface area contributed by atoms with Crippen molar-refractivity contribution in [3.63, 3.8) is 0 Å². The van der Waals surface area contributed by atoms with Crippen LogP contribution in [0.4, 0.5) is 0 Å². The quantitative estimate of drug-likeness (QED) is 0.158. The van der Waals surface area contributed by atoms with Gasteiger partial charge in [-0.3, -0.25) is 0 Å². The van der Waals surface area contributed by atoms with Gasteiger partial charge in [-0.25, -0.2) is 0 Å². The predicted molar refractivity (Wildman–Crippen MR) is 187 cm³/mol. The van der Waals surface area contributed by atoms with E-state index in [1.54, 1.807) is 0 Å². The van der Waals surface area contributed by atoms with Crippen LogP contribution in [-0.2, 0) is 0 Å². The fourth-order valence-corrected chi connectivity index (χ4v) is 6.06. The van der Waals surface area contributed by atoms with E-state index >= 15 is 0 Å². The van der Waals surface area contributed by atoms with Gasteiger partial charge in [0.2, 0.25) is 0 Å². The van der Waals surface area contributed by atoms with Crippen molar-refractivity contribution in [2.45, 2.75) is 20.8 Å². The van der Waals surface area contributed by atoms with Gasteiger partial charge < -0.3 is 11.5 Å². The van der Waals surface area contributed by atoms with Crippen molar-refractivity contribution < 1.29 is 0 Å². The zero-order valence-electron chi connectivity index (χ0n) is 24.9. The van der Waals surface area contributed by atoms with Crippen LogP contribution in [0.1, 0.15) is 26.3 Å². The number of benzene rings is 6. The lowest BCUT2D eigenvalue weighted by molar-refractivity contribution is 1.25. The Labute approximate surface area is 254 Å². The maximum Gasteiger partial charge on any atom is 0.0387 e. The third-order valence-electron chi connectivity index (χ3n) is 8.20. The topological polar surface area (TPSA) is 52.0 Å². The van der Waals surface area contributed by atoms with E-state index in [9.17, 15) is 0 Å². The Kier molecular flexibility index (Phi) is 7.68. The number of fused-ring (bicyclic) bond motifs is 3. The van der Waals surface area contributed by atoms with E-state index in [2.05, 4.69) is 128 Å². The molecule has 6 aromatic carbocycles. The summed E-state index contributed by atoms with van der Waals surface area (Å²) in [7, 11) is 0. The Morgan fingerprint density at radius 3 is 1.70 bits per heavy atom. The SMILES string of the molecule is CC(C)=C(/C=C\N)/C(N)=C/C=C(\C)c1cccc(-c2c3ccccc3c(-c3ccc4ccccc4c3)c3ccccc23)c1.